The quantitative estimate of drug-likeness (QED) is 0.775. The fourth-order valence-electron chi connectivity index (χ4n) is 2.42. The Bertz CT molecular complexity index is 398. The zero-order chi connectivity index (χ0) is 14.0. The molecule has 1 aliphatic heterocycles. The van der Waals surface area contributed by atoms with Crippen molar-refractivity contribution < 1.29 is 13.2 Å². The van der Waals surface area contributed by atoms with Crippen LogP contribution in [0.15, 0.2) is 0 Å². The Labute approximate surface area is 110 Å². The number of amides is 1. The van der Waals surface area contributed by atoms with E-state index in [0.717, 1.165) is 13.0 Å². The van der Waals surface area contributed by atoms with Crippen LogP contribution < -0.4 is 5.32 Å². The average Bonchev–Trinajstić information content (AvgIpc) is 2.74. The zero-order valence-electron chi connectivity index (χ0n) is 11.7. The minimum absolute atomic E-state index is 0.0246. The predicted octanol–water partition coefficient (Wildman–Crippen LogP) is 0.125. The Morgan fingerprint density at radius 1 is 1.44 bits per heavy atom. The third-order valence-electron chi connectivity index (χ3n) is 3.86. The highest BCUT2D eigenvalue weighted by Crippen LogP contribution is 2.35. The normalized spacial score (nSPS) is 24.5. The van der Waals surface area contributed by atoms with Crippen molar-refractivity contribution in [2.45, 2.75) is 20.3 Å². The first-order chi connectivity index (χ1) is 8.19. The van der Waals surface area contributed by atoms with E-state index in [9.17, 15) is 13.2 Å². The van der Waals surface area contributed by atoms with E-state index in [4.69, 9.17) is 0 Å². The molecule has 5 nitrogen and oxygen atoms in total. The van der Waals surface area contributed by atoms with Crippen LogP contribution in [0.2, 0.25) is 0 Å². The molecule has 0 radical (unpaired) electrons. The summed E-state index contributed by atoms with van der Waals surface area (Å²) < 4.78 is 22.3. The van der Waals surface area contributed by atoms with Gasteiger partial charge in [0.1, 0.15) is 9.84 Å². The first-order valence-electron chi connectivity index (χ1n) is 6.33. The number of nitrogens with zero attached hydrogens (tertiary/aromatic N) is 1. The highest BCUT2D eigenvalue weighted by Gasteiger charge is 2.45. The van der Waals surface area contributed by atoms with Crippen molar-refractivity contribution in [2.75, 3.05) is 38.7 Å². The molecule has 1 amide bonds. The summed E-state index contributed by atoms with van der Waals surface area (Å²) in [7, 11) is -1.34. The molecule has 18 heavy (non-hydrogen) atoms. The summed E-state index contributed by atoms with van der Waals surface area (Å²) in [4.78, 5) is 14.1. The molecule has 1 rings (SSSR count). The standard InChI is InChI=1S/C12H24N2O3S/c1-10(2)12(5-6-13-9-12)11(15)14(3)7-8-18(4,16)17/h10,13H,5-9H2,1-4H3. The van der Waals surface area contributed by atoms with Crippen LogP contribution in [-0.4, -0.2) is 57.9 Å². The third kappa shape index (κ3) is 3.45. The summed E-state index contributed by atoms with van der Waals surface area (Å²) in [6.45, 7) is 5.91. The van der Waals surface area contributed by atoms with E-state index in [1.165, 1.54) is 6.26 Å². The van der Waals surface area contributed by atoms with Crippen LogP contribution in [0.4, 0.5) is 0 Å². The van der Waals surface area contributed by atoms with Crippen LogP contribution in [0.5, 0.6) is 0 Å². The molecule has 0 aromatic heterocycles. The maximum absolute atomic E-state index is 12.5. The Balaban J connectivity index is 2.72. The van der Waals surface area contributed by atoms with E-state index in [-0.39, 0.29) is 29.5 Å². The lowest BCUT2D eigenvalue weighted by molar-refractivity contribution is -0.142. The fraction of sp³-hybridized carbons (Fsp3) is 0.917. The summed E-state index contributed by atoms with van der Waals surface area (Å²) in [5, 5.41) is 3.24. The largest absolute Gasteiger partial charge is 0.344 e. The van der Waals surface area contributed by atoms with Crippen molar-refractivity contribution in [3.8, 4) is 0 Å². The van der Waals surface area contributed by atoms with Crippen LogP contribution in [0.25, 0.3) is 0 Å². The molecule has 0 bridgehead atoms. The molecule has 1 unspecified atom stereocenters. The molecule has 1 saturated heterocycles. The molecule has 1 heterocycles. The van der Waals surface area contributed by atoms with E-state index >= 15 is 0 Å². The van der Waals surface area contributed by atoms with E-state index in [1.54, 1.807) is 11.9 Å². The van der Waals surface area contributed by atoms with Gasteiger partial charge in [0.05, 0.1) is 11.2 Å². The number of nitrogens with one attached hydrogen (secondary N) is 1. The second-order valence-electron chi connectivity index (χ2n) is 5.59. The minimum atomic E-state index is -3.03. The smallest absolute Gasteiger partial charge is 0.230 e. The summed E-state index contributed by atoms with van der Waals surface area (Å²) in [5.74, 6) is 0.337. The molecule has 0 aromatic rings. The number of hydrogen-bond acceptors (Lipinski definition) is 4. The molecule has 0 saturated carbocycles. The SMILES string of the molecule is CC(C)C1(C(=O)N(C)CCS(C)(=O)=O)CCNC1. The number of carbonyl (C=O) groups excluding carboxylic acids is 1. The number of sulfone groups is 1. The Morgan fingerprint density at radius 2 is 2.06 bits per heavy atom. The lowest BCUT2D eigenvalue weighted by Gasteiger charge is -2.35. The first-order valence-corrected chi connectivity index (χ1v) is 8.39. The minimum Gasteiger partial charge on any atom is -0.344 e. The van der Waals surface area contributed by atoms with Gasteiger partial charge >= 0.3 is 0 Å². The number of carbonyl (C=O) groups is 1. The van der Waals surface area contributed by atoms with Crippen molar-refractivity contribution in [3.05, 3.63) is 0 Å². The first kappa shape index (κ1) is 15.4. The van der Waals surface area contributed by atoms with Crippen molar-refractivity contribution in [1.82, 2.24) is 10.2 Å². The third-order valence-corrected chi connectivity index (χ3v) is 4.79. The maximum Gasteiger partial charge on any atom is 0.230 e. The van der Waals surface area contributed by atoms with Gasteiger partial charge in [0, 0.05) is 26.4 Å². The molecule has 1 N–H and O–H groups in total. The summed E-state index contributed by atoms with van der Waals surface area (Å²) in [5.41, 5.74) is -0.369. The van der Waals surface area contributed by atoms with Gasteiger partial charge in [0.2, 0.25) is 5.91 Å². The molecule has 1 atom stereocenters. The van der Waals surface area contributed by atoms with Crippen molar-refractivity contribution in [2.24, 2.45) is 11.3 Å². The highest BCUT2D eigenvalue weighted by molar-refractivity contribution is 7.90. The van der Waals surface area contributed by atoms with Gasteiger partial charge in [0.25, 0.3) is 0 Å². The van der Waals surface area contributed by atoms with Gasteiger partial charge in [-0.1, -0.05) is 13.8 Å². The van der Waals surface area contributed by atoms with Gasteiger partial charge in [-0.3, -0.25) is 4.79 Å². The second-order valence-corrected chi connectivity index (χ2v) is 7.85. The van der Waals surface area contributed by atoms with Crippen molar-refractivity contribution in [1.29, 1.82) is 0 Å². The van der Waals surface area contributed by atoms with Crippen LogP contribution in [0.1, 0.15) is 20.3 Å². The van der Waals surface area contributed by atoms with Gasteiger partial charge in [-0.05, 0) is 18.9 Å². The maximum atomic E-state index is 12.5. The van der Waals surface area contributed by atoms with Gasteiger partial charge in [-0.15, -0.1) is 0 Å². The molecule has 1 fully saturated rings. The van der Waals surface area contributed by atoms with Crippen molar-refractivity contribution >= 4 is 15.7 Å². The van der Waals surface area contributed by atoms with Gasteiger partial charge in [0.15, 0.2) is 0 Å². The van der Waals surface area contributed by atoms with Crippen LogP contribution >= 0.6 is 0 Å². The Morgan fingerprint density at radius 3 is 2.44 bits per heavy atom. The van der Waals surface area contributed by atoms with Gasteiger partial charge < -0.3 is 10.2 Å². The second kappa shape index (κ2) is 5.57. The van der Waals surface area contributed by atoms with Gasteiger partial charge in [-0.25, -0.2) is 8.42 Å². The van der Waals surface area contributed by atoms with E-state index in [1.807, 2.05) is 0 Å². The van der Waals surface area contributed by atoms with E-state index in [2.05, 4.69) is 19.2 Å². The number of rotatable bonds is 5. The molecular weight excluding hydrogens is 252 g/mol. The van der Waals surface area contributed by atoms with Crippen LogP contribution in [0.3, 0.4) is 0 Å². The molecule has 106 valence electrons. The molecule has 0 aliphatic carbocycles. The summed E-state index contributed by atoms with van der Waals surface area (Å²) in [6.07, 6.45) is 2.02. The van der Waals surface area contributed by atoms with E-state index < -0.39 is 9.84 Å². The van der Waals surface area contributed by atoms with Crippen LogP contribution in [-0.2, 0) is 14.6 Å². The zero-order valence-corrected chi connectivity index (χ0v) is 12.5. The Kier molecular flexibility index (Phi) is 4.78. The average molecular weight is 276 g/mol. The molecule has 0 spiro atoms. The molecular formula is C12H24N2O3S. The topological polar surface area (TPSA) is 66.5 Å². The molecule has 6 heteroatoms. The predicted molar refractivity (Wildman–Crippen MR) is 72.1 cm³/mol. The number of hydrogen-bond donors (Lipinski definition) is 1. The fourth-order valence-corrected chi connectivity index (χ4v) is 3.02. The van der Waals surface area contributed by atoms with E-state index in [0.29, 0.717) is 6.54 Å². The lowest BCUT2D eigenvalue weighted by Crippen LogP contribution is -2.47. The lowest BCUT2D eigenvalue weighted by atomic mass is 9.75. The molecule has 0 aromatic carbocycles. The molecule has 1 aliphatic rings. The monoisotopic (exact) mass is 276 g/mol. The summed E-state index contributed by atoms with van der Waals surface area (Å²) >= 11 is 0. The highest BCUT2D eigenvalue weighted by atomic mass is 32.2. The summed E-state index contributed by atoms with van der Waals surface area (Å²) in [6, 6.07) is 0. The Hall–Kier alpha value is -0.620. The van der Waals surface area contributed by atoms with Gasteiger partial charge in [-0.2, -0.15) is 0 Å². The van der Waals surface area contributed by atoms with Crippen LogP contribution in [0, 0.1) is 11.3 Å². The van der Waals surface area contributed by atoms with Crippen molar-refractivity contribution in [3.63, 3.8) is 0 Å².